The molecule has 0 aliphatic rings. The van der Waals surface area contributed by atoms with Gasteiger partial charge in [-0.1, -0.05) is 71.8 Å². The highest BCUT2D eigenvalue weighted by molar-refractivity contribution is 7.14. The van der Waals surface area contributed by atoms with Gasteiger partial charge in [-0.3, -0.25) is 10.1 Å². The van der Waals surface area contributed by atoms with E-state index in [-0.39, 0.29) is 5.91 Å². The van der Waals surface area contributed by atoms with E-state index in [0.29, 0.717) is 10.7 Å². The molecule has 5 aromatic rings. The lowest BCUT2D eigenvalue weighted by molar-refractivity contribution is 0.102. The van der Waals surface area contributed by atoms with Crippen molar-refractivity contribution < 1.29 is 4.79 Å². The molecule has 5 heteroatoms. The average Bonchev–Trinajstić information content (AvgIpc) is 3.27. The highest BCUT2D eigenvalue weighted by Crippen LogP contribution is 2.28. The van der Waals surface area contributed by atoms with Crippen LogP contribution in [0.15, 0.2) is 84.2 Å². The van der Waals surface area contributed by atoms with Crippen molar-refractivity contribution in [2.24, 2.45) is 0 Å². The predicted molar refractivity (Wildman–Crippen MR) is 132 cm³/mol. The number of hydrogen-bond acceptors (Lipinski definition) is 4. The first-order valence-corrected chi connectivity index (χ1v) is 11.3. The number of aryl methyl sites for hydroxylation is 2. The number of anilines is 1. The van der Waals surface area contributed by atoms with Crippen molar-refractivity contribution in [1.29, 1.82) is 0 Å². The average molecular weight is 436 g/mol. The van der Waals surface area contributed by atoms with Crippen LogP contribution in [0, 0.1) is 13.8 Å². The third-order valence-electron chi connectivity index (χ3n) is 5.35. The van der Waals surface area contributed by atoms with E-state index in [9.17, 15) is 4.79 Å². The molecule has 0 aliphatic heterocycles. The second-order valence-electron chi connectivity index (χ2n) is 7.80. The largest absolute Gasteiger partial charge is 0.298 e. The van der Waals surface area contributed by atoms with E-state index in [2.05, 4.69) is 35.4 Å². The molecule has 5 rings (SSSR count). The Hall–Kier alpha value is -3.83. The fraction of sp³-hybridized carbons (Fsp3) is 0.0741. The minimum Gasteiger partial charge on any atom is -0.298 e. The van der Waals surface area contributed by atoms with Crippen LogP contribution < -0.4 is 5.32 Å². The molecule has 2 heterocycles. The van der Waals surface area contributed by atoms with Gasteiger partial charge < -0.3 is 0 Å². The summed E-state index contributed by atoms with van der Waals surface area (Å²) in [4.78, 5) is 22.7. The first-order valence-electron chi connectivity index (χ1n) is 10.4. The Labute approximate surface area is 190 Å². The number of rotatable bonds is 4. The van der Waals surface area contributed by atoms with Gasteiger partial charge in [0.1, 0.15) is 0 Å². The summed E-state index contributed by atoms with van der Waals surface area (Å²) in [6.07, 6.45) is 0. The molecule has 4 nitrogen and oxygen atoms in total. The van der Waals surface area contributed by atoms with Crippen molar-refractivity contribution in [1.82, 2.24) is 9.97 Å². The second-order valence-corrected chi connectivity index (χ2v) is 8.66. The van der Waals surface area contributed by atoms with E-state index < -0.39 is 0 Å². The maximum Gasteiger partial charge on any atom is 0.258 e. The lowest BCUT2D eigenvalue weighted by atomic mass is 10.0. The van der Waals surface area contributed by atoms with Crippen LogP contribution in [-0.4, -0.2) is 15.9 Å². The first-order chi connectivity index (χ1) is 15.6. The van der Waals surface area contributed by atoms with E-state index in [1.54, 1.807) is 0 Å². The molecule has 0 fully saturated rings. The Morgan fingerprint density at radius 1 is 0.781 bits per heavy atom. The van der Waals surface area contributed by atoms with Gasteiger partial charge in [-0.25, -0.2) is 9.97 Å². The summed E-state index contributed by atoms with van der Waals surface area (Å²) in [5.41, 5.74) is 7.36. The Balaban J connectivity index is 1.50. The number of carbonyl (C=O) groups excluding carboxylic acids is 1. The van der Waals surface area contributed by atoms with Gasteiger partial charge in [-0.05, 0) is 32.0 Å². The van der Waals surface area contributed by atoms with Crippen molar-refractivity contribution in [3.8, 4) is 22.5 Å². The number of nitrogens with zero attached hydrogens (tertiary/aromatic N) is 2. The Morgan fingerprint density at radius 3 is 2.41 bits per heavy atom. The molecule has 0 aliphatic carbocycles. The zero-order valence-electron chi connectivity index (χ0n) is 17.8. The number of carbonyl (C=O) groups is 1. The third-order valence-corrected chi connectivity index (χ3v) is 6.10. The maximum absolute atomic E-state index is 13.3. The van der Waals surface area contributed by atoms with Gasteiger partial charge in [0.15, 0.2) is 5.13 Å². The minimum atomic E-state index is -0.192. The molecule has 0 spiro atoms. The Bertz CT molecular complexity index is 1440. The van der Waals surface area contributed by atoms with Gasteiger partial charge in [0.25, 0.3) is 5.91 Å². The molecule has 156 valence electrons. The van der Waals surface area contributed by atoms with Crippen molar-refractivity contribution in [2.45, 2.75) is 13.8 Å². The van der Waals surface area contributed by atoms with Gasteiger partial charge in [-0.2, -0.15) is 0 Å². The number of hydrogen-bond donors (Lipinski definition) is 1. The minimum absolute atomic E-state index is 0.192. The van der Waals surface area contributed by atoms with Gasteiger partial charge in [-0.15, -0.1) is 11.3 Å². The molecule has 0 unspecified atom stereocenters. The van der Waals surface area contributed by atoms with E-state index in [1.165, 1.54) is 16.9 Å². The first kappa shape index (κ1) is 20.1. The summed E-state index contributed by atoms with van der Waals surface area (Å²) in [5.74, 6) is -0.192. The number of nitrogens with one attached hydrogen (secondary N) is 1. The van der Waals surface area contributed by atoms with Crippen molar-refractivity contribution in [3.05, 3.63) is 101 Å². The fourth-order valence-corrected chi connectivity index (χ4v) is 4.38. The van der Waals surface area contributed by atoms with Crippen LogP contribution in [0.2, 0.25) is 0 Å². The zero-order chi connectivity index (χ0) is 22.1. The molecule has 1 N–H and O–H groups in total. The number of para-hydroxylation sites is 1. The third kappa shape index (κ3) is 4.03. The molecule has 1 amide bonds. The van der Waals surface area contributed by atoms with Crippen LogP contribution in [0.4, 0.5) is 5.13 Å². The molecule has 0 atom stereocenters. The summed E-state index contributed by atoms with van der Waals surface area (Å²) >= 11 is 1.42. The standard InChI is InChI=1S/C27H21N3OS/c1-17-10-12-19(13-11-17)25-16-32-27(29-25)30-26(31)22-15-24(20-7-5-6-18(2)14-20)28-23-9-4-3-8-21(22)23/h3-16H,1-2H3,(H,29,30,31). The van der Waals surface area contributed by atoms with Crippen LogP contribution >= 0.6 is 11.3 Å². The smallest absolute Gasteiger partial charge is 0.258 e. The summed E-state index contributed by atoms with van der Waals surface area (Å²) in [6, 6.07) is 25.9. The van der Waals surface area contributed by atoms with E-state index in [4.69, 9.17) is 4.98 Å². The maximum atomic E-state index is 13.3. The van der Waals surface area contributed by atoms with Crippen LogP contribution in [0.1, 0.15) is 21.5 Å². The molecular weight excluding hydrogens is 414 g/mol. The summed E-state index contributed by atoms with van der Waals surface area (Å²) in [7, 11) is 0. The van der Waals surface area contributed by atoms with Crippen molar-refractivity contribution >= 4 is 33.3 Å². The SMILES string of the molecule is Cc1ccc(-c2csc(NC(=O)c3cc(-c4cccc(C)c4)nc4ccccc34)n2)cc1. The van der Waals surface area contributed by atoms with Crippen LogP contribution in [-0.2, 0) is 0 Å². The van der Waals surface area contributed by atoms with Crippen LogP contribution in [0.3, 0.4) is 0 Å². The summed E-state index contributed by atoms with van der Waals surface area (Å²) < 4.78 is 0. The highest BCUT2D eigenvalue weighted by atomic mass is 32.1. The van der Waals surface area contributed by atoms with Crippen LogP contribution in [0.5, 0.6) is 0 Å². The molecule has 0 saturated heterocycles. The Kier molecular flexibility index (Phi) is 5.25. The lowest BCUT2D eigenvalue weighted by Gasteiger charge is -2.10. The van der Waals surface area contributed by atoms with Gasteiger partial charge in [0.2, 0.25) is 0 Å². The molecule has 2 aromatic heterocycles. The molecule has 32 heavy (non-hydrogen) atoms. The number of benzene rings is 3. The quantitative estimate of drug-likeness (QED) is 0.334. The normalized spacial score (nSPS) is 10.9. The lowest BCUT2D eigenvalue weighted by Crippen LogP contribution is -2.13. The number of fused-ring (bicyclic) bond motifs is 1. The van der Waals surface area contributed by atoms with Gasteiger partial charge in [0, 0.05) is 21.9 Å². The van der Waals surface area contributed by atoms with E-state index in [0.717, 1.165) is 39.0 Å². The number of thiazole rings is 1. The monoisotopic (exact) mass is 435 g/mol. The molecule has 0 radical (unpaired) electrons. The van der Waals surface area contributed by atoms with Gasteiger partial charge >= 0.3 is 0 Å². The number of amides is 1. The summed E-state index contributed by atoms with van der Waals surface area (Å²) in [6.45, 7) is 4.10. The van der Waals surface area contributed by atoms with E-state index in [1.807, 2.05) is 73.0 Å². The second kappa shape index (κ2) is 8.36. The molecule has 0 saturated carbocycles. The highest BCUT2D eigenvalue weighted by Gasteiger charge is 2.16. The molecule has 3 aromatic carbocycles. The summed E-state index contributed by atoms with van der Waals surface area (Å²) in [5, 5.41) is 6.33. The number of aromatic nitrogens is 2. The number of pyridine rings is 1. The molecule has 0 bridgehead atoms. The van der Waals surface area contributed by atoms with Gasteiger partial charge in [0.05, 0.1) is 22.5 Å². The Morgan fingerprint density at radius 2 is 1.59 bits per heavy atom. The predicted octanol–water partition coefficient (Wildman–Crippen LogP) is 6.89. The van der Waals surface area contributed by atoms with Crippen LogP contribution in [0.25, 0.3) is 33.4 Å². The topological polar surface area (TPSA) is 54.9 Å². The molecular formula is C27H21N3OS. The fourth-order valence-electron chi connectivity index (χ4n) is 3.67. The van der Waals surface area contributed by atoms with Crippen molar-refractivity contribution in [3.63, 3.8) is 0 Å². The van der Waals surface area contributed by atoms with E-state index >= 15 is 0 Å². The zero-order valence-corrected chi connectivity index (χ0v) is 18.6. The van der Waals surface area contributed by atoms with Crippen molar-refractivity contribution in [2.75, 3.05) is 5.32 Å².